The van der Waals surface area contributed by atoms with Gasteiger partial charge in [-0.1, -0.05) is 42.0 Å². The third-order valence-electron chi connectivity index (χ3n) is 2.31. The van der Waals surface area contributed by atoms with Crippen LogP contribution in [0.25, 0.3) is 12.2 Å². The molecule has 0 saturated heterocycles. The Labute approximate surface area is 104 Å². The Morgan fingerprint density at radius 2 is 1.59 bits per heavy atom. The van der Waals surface area contributed by atoms with E-state index in [0.29, 0.717) is 5.02 Å². The van der Waals surface area contributed by atoms with Crippen LogP contribution in [0.3, 0.4) is 0 Å². The molecule has 3 heteroatoms. The van der Waals surface area contributed by atoms with Crippen LogP contribution in [0.4, 0.5) is 0 Å². The second-order valence-corrected chi connectivity index (χ2v) is 4.05. The van der Waals surface area contributed by atoms with Gasteiger partial charge in [-0.15, -0.1) is 0 Å². The van der Waals surface area contributed by atoms with Crippen LogP contribution >= 0.6 is 11.6 Å². The molecule has 0 aromatic heterocycles. The van der Waals surface area contributed by atoms with E-state index in [0.717, 1.165) is 11.1 Å². The lowest BCUT2D eigenvalue weighted by atomic mass is 10.1. The molecule has 17 heavy (non-hydrogen) atoms. The predicted molar refractivity (Wildman–Crippen MR) is 70.2 cm³/mol. The number of halogens is 1. The first kappa shape index (κ1) is 11.6. The number of rotatable bonds is 2. The van der Waals surface area contributed by atoms with E-state index in [1.807, 2.05) is 18.2 Å². The summed E-state index contributed by atoms with van der Waals surface area (Å²) in [6.45, 7) is 0. The van der Waals surface area contributed by atoms with Gasteiger partial charge in [-0.25, -0.2) is 0 Å². The second kappa shape index (κ2) is 4.93. The van der Waals surface area contributed by atoms with Gasteiger partial charge < -0.3 is 10.2 Å². The quantitative estimate of drug-likeness (QED) is 0.789. The average Bonchev–Trinajstić information content (AvgIpc) is 2.31. The summed E-state index contributed by atoms with van der Waals surface area (Å²) in [6, 6.07) is 11.9. The van der Waals surface area contributed by atoms with Gasteiger partial charge in [0.2, 0.25) is 0 Å². The van der Waals surface area contributed by atoms with Gasteiger partial charge in [-0.05, 0) is 35.4 Å². The summed E-state index contributed by atoms with van der Waals surface area (Å²) < 4.78 is 0. The Hall–Kier alpha value is -1.93. The van der Waals surface area contributed by atoms with Crippen LogP contribution in [0.2, 0.25) is 5.02 Å². The van der Waals surface area contributed by atoms with Gasteiger partial charge in [0.05, 0.1) is 5.02 Å². The van der Waals surface area contributed by atoms with Crippen molar-refractivity contribution < 1.29 is 10.2 Å². The molecule has 0 radical (unpaired) electrons. The molecule has 2 aromatic rings. The SMILES string of the molecule is Oc1cccc(/C=C/c2ccc(O)c(Cl)c2)c1. The molecule has 0 fully saturated rings. The number of phenols is 2. The molecule has 0 aliphatic rings. The predicted octanol–water partition coefficient (Wildman–Crippen LogP) is 3.92. The van der Waals surface area contributed by atoms with Crippen LogP contribution < -0.4 is 0 Å². The summed E-state index contributed by atoms with van der Waals surface area (Å²) in [5.74, 6) is 0.303. The van der Waals surface area contributed by atoms with Crippen molar-refractivity contribution in [2.75, 3.05) is 0 Å². The molecule has 0 atom stereocenters. The van der Waals surface area contributed by atoms with E-state index in [-0.39, 0.29) is 11.5 Å². The summed E-state index contributed by atoms with van der Waals surface area (Å²) >= 11 is 5.80. The van der Waals surface area contributed by atoms with E-state index in [4.69, 9.17) is 11.6 Å². The van der Waals surface area contributed by atoms with Crippen LogP contribution in [-0.2, 0) is 0 Å². The van der Waals surface area contributed by atoms with E-state index in [2.05, 4.69) is 0 Å². The van der Waals surface area contributed by atoms with Gasteiger partial charge in [0.15, 0.2) is 0 Å². The number of hydrogen-bond donors (Lipinski definition) is 2. The van der Waals surface area contributed by atoms with Gasteiger partial charge in [0, 0.05) is 0 Å². The zero-order valence-electron chi connectivity index (χ0n) is 8.97. The fourth-order valence-electron chi connectivity index (χ4n) is 1.45. The van der Waals surface area contributed by atoms with E-state index in [9.17, 15) is 10.2 Å². The van der Waals surface area contributed by atoms with Gasteiger partial charge in [-0.3, -0.25) is 0 Å². The second-order valence-electron chi connectivity index (χ2n) is 3.64. The van der Waals surface area contributed by atoms with Crippen molar-refractivity contribution >= 4 is 23.8 Å². The molecule has 0 heterocycles. The molecule has 0 amide bonds. The molecule has 0 bridgehead atoms. The van der Waals surface area contributed by atoms with Crippen LogP contribution in [0.5, 0.6) is 11.5 Å². The Morgan fingerprint density at radius 3 is 2.24 bits per heavy atom. The summed E-state index contributed by atoms with van der Waals surface area (Å²) in [5.41, 5.74) is 1.78. The zero-order valence-corrected chi connectivity index (χ0v) is 9.72. The van der Waals surface area contributed by atoms with E-state index in [1.54, 1.807) is 36.4 Å². The molecule has 0 spiro atoms. The highest BCUT2D eigenvalue weighted by atomic mass is 35.5. The first-order valence-corrected chi connectivity index (χ1v) is 5.48. The van der Waals surface area contributed by atoms with E-state index < -0.39 is 0 Å². The molecule has 0 saturated carbocycles. The minimum atomic E-state index is 0.0705. The smallest absolute Gasteiger partial charge is 0.134 e. The molecule has 2 N–H and O–H groups in total. The lowest BCUT2D eigenvalue weighted by Crippen LogP contribution is -1.74. The normalized spacial score (nSPS) is 10.9. The number of phenolic OH excluding ortho intramolecular Hbond substituents is 2. The molecule has 2 aromatic carbocycles. The zero-order chi connectivity index (χ0) is 12.3. The third-order valence-corrected chi connectivity index (χ3v) is 2.61. The molecule has 2 rings (SSSR count). The number of benzene rings is 2. The lowest BCUT2D eigenvalue weighted by molar-refractivity contribution is 0.475. The molecule has 0 aliphatic heterocycles. The molecule has 0 unspecified atom stereocenters. The van der Waals surface area contributed by atoms with Crippen LogP contribution in [0.15, 0.2) is 42.5 Å². The molecular weight excluding hydrogens is 236 g/mol. The maximum absolute atomic E-state index is 9.30. The van der Waals surface area contributed by atoms with Crippen molar-refractivity contribution in [2.24, 2.45) is 0 Å². The summed E-state index contributed by atoms with van der Waals surface area (Å²) in [7, 11) is 0. The molecular formula is C14H11ClO2. The maximum atomic E-state index is 9.30. The third kappa shape index (κ3) is 3.02. The van der Waals surface area contributed by atoms with Crippen molar-refractivity contribution in [3.8, 4) is 11.5 Å². The van der Waals surface area contributed by atoms with Crippen LogP contribution in [-0.4, -0.2) is 10.2 Å². The standard InChI is InChI=1S/C14H11ClO2/c15-13-9-11(6-7-14(13)17)5-4-10-2-1-3-12(16)8-10/h1-9,16-17H/b5-4+. The number of hydrogen-bond acceptors (Lipinski definition) is 2. The van der Waals surface area contributed by atoms with Crippen molar-refractivity contribution in [3.05, 3.63) is 58.6 Å². The van der Waals surface area contributed by atoms with Gasteiger partial charge in [0.25, 0.3) is 0 Å². The highest BCUT2D eigenvalue weighted by molar-refractivity contribution is 6.32. The Morgan fingerprint density at radius 1 is 0.882 bits per heavy atom. The largest absolute Gasteiger partial charge is 0.508 e. The van der Waals surface area contributed by atoms with Crippen molar-refractivity contribution in [1.29, 1.82) is 0 Å². The van der Waals surface area contributed by atoms with Gasteiger partial charge in [0.1, 0.15) is 11.5 Å². The van der Waals surface area contributed by atoms with Crippen molar-refractivity contribution in [1.82, 2.24) is 0 Å². The van der Waals surface area contributed by atoms with Crippen molar-refractivity contribution in [2.45, 2.75) is 0 Å². The number of aromatic hydroxyl groups is 2. The summed E-state index contributed by atoms with van der Waals surface area (Å²) in [5, 5.41) is 18.9. The molecule has 86 valence electrons. The molecule has 0 aliphatic carbocycles. The highest BCUT2D eigenvalue weighted by Gasteiger charge is 1.97. The first-order chi connectivity index (χ1) is 8.15. The minimum Gasteiger partial charge on any atom is -0.508 e. The minimum absolute atomic E-state index is 0.0705. The van der Waals surface area contributed by atoms with Crippen LogP contribution in [0, 0.1) is 0 Å². The Bertz CT molecular complexity index is 562. The molecule has 2 nitrogen and oxygen atoms in total. The fourth-order valence-corrected chi connectivity index (χ4v) is 1.64. The monoisotopic (exact) mass is 246 g/mol. The fraction of sp³-hybridized carbons (Fsp3) is 0. The highest BCUT2D eigenvalue weighted by Crippen LogP contribution is 2.24. The summed E-state index contributed by atoms with van der Waals surface area (Å²) in [4.78, 5) is 0. The van der Waals surface area contributed by atoms with E-state index in [1.165, 1.54) is 0 Å². The van der Waals surface area contributed by atoms with Crippen molar-refractivity contribution in [3.63, 3.8) is 0 Å². The van der Waals surface area contributed by atoms with Crippen LogP contribution in [0.1, 0.15) is 11.1 Å². The maximum Gasteiger partial charge on any atom is 0.134 e. The Balaban J connectivity index is 2.23. The lowest BCUT2D eigenvalue weighted by Gasteiger charge is -1.98. The van der Waals surface area contributed by atoms with E-state index >= 15 is 0 Å². The topological polar surface area (TPSA) is 40.5 Å². The summed E-state index contributed by atoms with van der Waals surface area (Å²) in [6.07, 6.45) is 3.72. The average molecular weight is 247 g/mol. The first-order valence-electron chi connectivity index (χ1n) is 5.11. The van der Waals surface area contributed by atoms with Gasteiger partial charge in [-0.2, -0.15) is 0 Å². The van der Waals surface area contributed by atoms with Gasteiger partial charge >= 0.3 is 0 Å². The Kier molecular flexibility index (Phi) is 3.35.